The average molecular weight is 313 g/mol. The number of hydrogen-bond donors (Lipinski definition) is 3. The van der Waals surface area contributed by atoms with Gasteiger partial charge >= 0.3 is 57.7 Å². The molecule has 3 N–H and O–H groups in total. The molecule has 0 atom stereocenters. The molecule has 5 heteroatoms. The second-order valence-corrected chi connectivity index (χ2v) is 4.42. The first-order valence-corrected chi connectivity index (χ1v) is 7.50. The van der Waals surface area contributed by atoms with Crippen molar-refractivity contribution in [2.45, 2.75) is 5.25 Å². The number of rotatable bonds is 7. The van der Waals surface area contributed by atoms with Crippen LogP contribution in [0, 0.1) is 0 Å². The number of aliphatic hydroxyl groups is 3. The van der Waals surface area contributed by atoms with Gasteiger partial charge in [-0.3, -0.25) is 4.90 Å². The van der Waals surface area contributed by atoms with Crippen LogP contribution < -0.4 is 0 Å². The molecule has 1 rings (SSSR count). The molecule has 0 spiro atoms. The zero-order valence-corrected chi connectivity index (χ0v) is 12.7. The molecule has 0 bridgehead atoms. The molecule has 0 aliphatic heterocycles. The van der Waals surface area contributed by atoms with Crippen molar-refractivity contribution < 1.29 is 15.3 Å². The standard InChI is InChI=1S/C7H7Ge.C6H15NO3/c8-6-7-4-2-1-3-5-7;8-4-1-7(2-5-9)3-6-10/h1-5H,6H2;8-10H,1-6H2. The zero-order chi connectivity index (χ0) is 13.6. The van der Waals surface area contributed by atoms with Crippen LogP contribution in [0.15, 0.2) is 30.3 Å². The molecule has 0 saturated heterocycles. The Morgan fingerprint density at radius 1 is 0.833 bits per heavy atom. The first-order valence-electron chi connectivity index (χ1n) is 6.02. The zero-order valence-electron chi connectivity index (χ0n) is 10.6. The fourth-order valence-electron chi connectivity index (χ4n) is 1.36. The van der Waals surface area contributed by atoms with Gasteiger partial charge in [-0.15, -0.1) is 0 Å². The second kappa shape index (κ2) is 13.0. The van der Waals surface area contributed by atoms with Gasteiger partial charge in [-0.2, -0.15) is 0 Å². The number of hydrogen-bond acceptors (Lipinski definition) is 4. The molecule has 101 valence electrons. The molecule has 1 aromatic carbocycles. The van der Waals surface area contributed by atoms with Gasteiger partial charge in [0, 0.05) is 19.6 Å². The van der Waals surface area contributed by atoms with Crippen molar-refractivity contribution in [3.63, 3.8) is 0 Å². The van der Waals surface area contributed by atoms with Gasteiger partial charge in [-0.25, -0.2) is 0 Å². The molecule has 1 aromatic rings. The third-order valence-corrected chi connectivity index (χ3v) is 3.15. The van der Waals surface area contributed by atoms with Crippen LogP contribution >= 0.6 is 0 Å². The van der Waals surface area contributed by atoms with Gasteiger partial charge in [-0.05, 0) is 0 Å². The fourth-order valence-corrected chi connectivity index (χ4v) is 1.85. The summed E-state index contributed by atoms with van der Waals surface area (Å²) < 4.78 is 0. The Morgan fingerprint density at radius 2 is 1.28 bits per heavy atom. The van der Waals surface area contributed by atoms with Crippen molar-refractivity contribution in [1.82, 2.24) is 4.90 Å². The normalized spacial score (nSPS) is 10.1. The van der Waals surface area contributed by atoms with Gasteiger partial charge in [0.25, 0.3) is 0 Å². The van der Waals surface area contributed by atoms with Crippen molar-refractivity contribution >= 4 is 16.5 Å². The predicted octanol–water partition coefficient (Wildman–Crippen LogP) is -0.380. The van der Waals surface area contributed by atoms with E-state index in [4.69, 9.17) is 15.3 Å². The third kappa shape index (κ3) is 9.61. The Bertz CT molecular complexity index is 258. The van der Waals surface area contributed by atoms with E-state index in [0.717, 1.165) is 5.25 Å². The quantitative estimate of drug-likeness (QED) is 0.601. The van der Waals surface area contributed by atoms with Crippen LogP contribution in [0.25, 0.3) is 0 Å². The maximum atomic E-state index is 8.48. The van der Waals surface area contributed by atoms with E-state index >= 15 is 0 Å². The van der Waals surface area contributed by atoms with E-state index in [1.807, 2.05) is 6.07 Å². The summed E-state index contributed by atoms with van der Waals surface area (Å²) >= 11 is 2.16. The van der Waals surface area contributed by atoms with Gasteiger partial charge in [0.05, 0.1) is 19.8 Å². The van der Waals surface area contributed by atoms with Crippen molar-refractivity contribution in [3.8, 4) is 0 Å². The second-order valence-electron chi connectivity index (χ2n) is 3.67. The summed E-state index contributed by atoms with van der Waals surface area (Å²) in [7, 11) is 0. The van der Waals surface area contributed by atoms with E-state index < -0.39 is 0 Å². The van der Waals surface area contributed by atoms with Crippen molar-refractivity contribution in [2.75, 3.05) is 39.5 Å². The predicted molar refractivity (Wildman–Crippen MR) is 73.6 cm³/mol. The fraction of sp³-hybridized carbons (Fsp3) is 0.538. The van der Waals surface area contributed by atoms with Crippen molar-refractivity contribution in [3.05, 3.63) is 35.9 Å². The van der Waals surface area contributed by atoms with Crippen LogP contribution in [0.4, 0.5) is 0 Å². The summed E-state index contributed by atoms with van der Waals surface area (Å²) in [6.07, 6.45) is 0. The first-order chi connectivity index (χ1) is 8.78. The number of benzene rings is 1. The molecule has 18 heavy (non-hydrogen) atoms. The van der Waals surface area contributed by atoms with E-state index in [1.165, 1.54) is 5.56 Å². The molecule has 0 unspecified atom stereocenters. The SMILES string of the molecule is OCCN(CCO)CCO.[Ge][CH2]c1ccccc1. The Hall–Kier alpha value is -0.397. The number of nitrogens with zero attached hydrogens (tertiary/aromatic N) is 1. The summed E-state index contributed by atoms with van der Waals surface area (Å²) in [4.78, 5) is 1.79. The minimum atomic E-state index is 0.0694. The summed E-state index contributed by atoms with van der Waals surface area (Å²) in [6.45, 7) is 1.75. The molecule has 0 aliphatic carbocycles. The third-order valence-electron chi connectivity index (χ3n) is 2.30. The Morgan fingerprint density at radius 3 is 1.56 bits per heavy atom. The Kier molecular flexibility index (Phi) is 12.8. The van der Waals surface area contributed by atoms with Crippen LogP contribution in [-0.2, 0) is 5.25 Å². The Labute approximate surface area is 117 Å². The van der Waals surface area contributed by atoms with E-state index in [1.54, 1.807) is 4.90 Å². The van der Waals surface area contributed by atoms with Crippen LogP contribution in [0.5, 0.6) is 0 Å². The topological polar surface area (TPSA) is 63.9 Å². The van der Waals surface area contributed by atoms with E-state index in [9.17, 15) is 0 Å². The molecule has 3 radical (unpaired) electrons. The summed E-state index contributed by atoms with van der Waals surface area (Å²) in [5.74, 6) is 0. The monoisotopic (exact) mass is 314 g/mol. The van der Waals surface area contributed by atoms with Crippen LogP contribution in [0.3, 0.4) is 0 Å². The molecule has 0 amide bonds. The maximum absolute atomic E-state index is 8.48. The van der Waals surface area contributed by atoms with Gasteiger partial charge < -0.3 is 15.3 Å². The van der Waals surface area contributed by atoms with Gasteiger partial charge in [0.2, 0.25) is 0 Å². The van der Waals surface area contributed by atoms with Crippen LogP contribution in [0.2, 0.25) is 0 Å². The average Bonchev–Trinajstić information content (AvgIpc) is 2.41. The van der Waals surface area contributed by atoms with E-state index in [2.05, 4.69) is 40.8 Å². The Balaban J connectivity index is 0.000000327. The van der Waals surface area contributed by atoms with E-state index in [-0.39, 0.29) is 19.8 Å². The molecule has 0 fully saturated rings. The van der Waals surface area contributed by atoms with Crippen LogP contribution in [-0.4, -0.2) is 76.2 Å². The van der Waals surface area contributed by atoms with Crippen LogP contribution in [0.1, 0.15) is 5.56 Å². The van der Waals surface area contributed by atoms with Gasteiger partial charge in [0.1, 0.15) is 0 Å². The van der Waals surface area contributed by atoms with Gasteiger partial charge in [0.15, 0.2) is 0 Å². The summed E-state index contributed by atoms with van der Waals surface area (Å²) in [5, 5.41) is 26.6. The first kappa shape index (κ1) is 17.6. The van der Waals surface area contributed by atoms with Gasteiger partial charge in [-0.1, -0.05) is 0 Å². The molecule has 0 saturated carbocycles. The summed E-state index contributed by atoms with van der Waals surface area (Å²) in [5.41, 5.74) is 1.41. The number of aliphatic hydroxyl groups excluding tert-OH is 3. The molecule has 0 heterocycles. The van der Waals surface area contributed by atoms with E-state index in [0.29, 0.717) is 19.6 Å². The molecule has 4 nitrogen and oxygen atoms in total. The molecule has 0 aliphatic rings. The molecular weight excluding hydrogens is 291 g/mol. The molecular formula is C13H22GeNO3. The van der Waals surface area contributed by atoms with Crippen molar-refractivity contribution in [1.29, 1.82) is 0 Å². The van der Waals surface area contributed by atoms with Crippen molar-refractivity contribution in [2.24, 2.45) is 0 Å². The molecule has 0 aromatic heterocycles. The minimum absolute atomic E-state index is 0.0694. The summed E-state index contributed by atoms with van der Waals surface area (Å²) in [6, 6.07) is 10.5.